The minimum atomic E-state index is -0.754. The number of non-ortho nitro benzene ring substituents is 1. The van der Waals surface area contributed by atoms with Crippen LogP contribution < -0.4 is 9.47 Å². The van der Waals surface area contributed by atoms with Crippen LogP contribution in [-0.4, -0.2) is 24.1 Å². The number of nitrogens with zero attached hydrogens (tertiary/aromatic N) is 1. The number of ether oxygens (including phenoxy) is 3. The first-order chi connectivity index (χ1) is 12.0. The van der Waals surface area contributed by atoms with Crippen LogP contribution in [0, 0.1) is 10.1 Å². The molecule has 0 fully saturated rings. The van der Waals surface area contributed by atoms with E-state index in [1.165, 1.54) is 12.1 Å². The number of rotatable bonds is 4. The molecule has 0 spiro atoms. The van der Waals surface area contributed by atoms with E-state index in [1.807, 2.05) is 0 Å². The van der Waals surface area contributed by atoms with Crippen LogP contribution in [0.25, 0.3) is 0 Å². The number of hydrogen-bond donors (Lipinski definition) is 0. The number of benzene rings is 2. The largest absolute Gasteiger partial charge is 0.486 e. The van der Waals surface area contributed by atoms with Crippen LogP contribution >= 0.6 is 27.5 Å². The molecular weight excluding hydrogens is 418 g/mol. The quantitative estimate of drug-likeness (QED) is 0.413. The van der Waals surface area contributed by atoms with Gasteiger partial charge < -0.3 is 14.2 Å². The monoisotopic (exact) mass is 427 g/mol. The molecule has 0 atom stereocenters. The molecule has 2 aromatic carbocycles. The molecule has 1 aliphatic heterocycles. The summed E-state index contributed by atoms with van der Waals surface area (Å²) in [5, 5.41) is 10.9. The highest BCUT2D eigenvalue weighted by molar-refractivity contribution is 9.10. The van der Waals surface area contributed by atoms with Crippen LogP contribution in [-0.2, 0) is 11.3 Å². The Kier molecular flexibility index (Phi) is 5.10. The average Bonchev–Trinajstić information content (AvgIpc) is 2.59. The van der Waals surface area contributed by atoms with Crippen LogP contribution in [0.1, 0.15) is 15.9 Å². The first-order valence-electron chi connectivity index (χ1n) is 7.15. The molecule has 0 aliphatic carbocycles. The maximum atomic E-state index is 12.2. The molecule has 0 unspecified atom stereocenters. The molecule has 0 radical (unpaired) electrons. The zero-order valence-electron chi connectivity index (χ0n) is 12.7. The molecule has 0 saturated heterocycles. The van der Waals surface area contributed by atoms with Crippen molar-refractivity contribution in [3.63, 3.8) is 0 Å². The first-order valence-corrected chi connectivity index (χ1v) is 8.32. The molecule has 25 heavy (non-hydrogen) atoms. The summed E-state index contributed by atoms with van der Waals surface area (Å²) in [6, 6.07) is 7.04. The summed E-state index contributed by atoms with van der Waals surface area (Å²) >= 11 is 9.32. The van der Waals surface area contributed by atoms with Gasteiger partial charge in [0, 0.05) is 22.2 Å². The molecule has 2 aromatic rings. The van der Waals surface area contributed by atoms with E-state index in [0.717, 1.165) is 6.07 Å². The second kappa shape index (κ2) is 7.28. The van der Waals surface area contributed by atoms with Crippen molar-refractivity contribution in [3.05, 3.63) is 61.1 Å². The Labute approximate surface area is 155 Å². The Bertz CT molecular complexity index is 857. The lowest BCUT2D eigenvalue weighted by Gasteiger charge is -2.20. The highest BCUT2D eigenvalue weighted by atomic mass is 79.9. The Morgan fingerprint density at radius 1 is 1.24 bits per heavy atom. The lowest BCUT2D eigenvalue weighted by Crippen LogP contribution is -2.16. The molecule has 7 nitrogen and oxygen atoms in total. The Balaban J connectivity index is 1.77. The van der Waals surface area contributed by atoms with Gasteiger partial charge in [-0.2, -0.15) is 0 Å². The van der Waals surface area contributed by atoms with Gasteiger partial charge in [-0.3, -0.25) is 10.1 Å². The maximum absolute atomic E-state index is 12.2. The molecule has 1 heterocycles. The second-order valence-electron chi connectivity index (χ2n) is 5.08. The number of nitro benzene ring substituents is 1. The van der Waals surface area contributed by atoms with Crippen LogP contribution in [0.3, 0.4) is 0 Å². The minimum Gasteiger partial charge on any atom is -0.486 e. The molecule has 0 bridgehead atoms. The fraction of sp³-hybridized carbons (Fsp3) is 0.188. The number of nitro groups is 1. The molecule has 0 aromatic heterocycles. The summed E-state index contributed by atoms with van der Waals surface area (Å²) in [6.07, 6.45) is 0. The number of halogens is 2. The van der Waals surface area contributed by atoms with Gasteiger partial charge >= 0.3 is 5.97 Å². The van der Waals surface area contributed by atoms with Gasteiger partial charge in [0.15, 0.2) is 11.5 Å². The van der Waals surface area contributed by atoms with Crippen molar-refractivity contribution in [2.45, 2.75) is 6.61 Å². The van der Waals surface area contributed by atoms with E-state index in [-0.39, 0.29) is 22.9 Å². The standard InChI is InChI=1S/C16H11BrClNO6/c17-12-7-15-14(23-3-4-24-15)5-9(12)8-25-16(20)11-6-10(19(21)22)1-2-13(11)18/h1-2,5-7H,3-4,8H2. The zero-order valence-corrected chi connectivity index (χ0v) is 15.0. The molecule has 9 heteroatoms. The number of fused-ring (bicyclic) bond motifs is 1. The molecule has 0 N–H and O–H groups in total. The normalized spacial score (nSPS) is 12.6. The van der Waals surface area contributed by atoms with Crippen molar-refractivity contribution in [2.24, 2.45) is 0 Å². The van der Waals surface area contributed by atoms with Crippen LogP contribution in [0.15, 0.2) is 34.8 Å². The van der Waals surface area contributed by atoms with E-state index in [2.05, 4.69) is 15.9 Å². The fourth-order valence-corrected chi connectivity index (χ4v) is 2.85. The molecule has 3 rings (SSSR count). The molecule has 130 valence electrons. The van der Waals surface area contributed by atoms with Gasteiger partial charge in [0.2, 0.25) is 0 Å². The number of hydrogen-bond acceptors (Lipinski definition) is 6. The van der Waals surface area contributed by atoms with Gasteiger partial charge in [0.25, 0.3) is 5.69 Å². The third-order valence-corrected chi connectivity index (χ3v) is 4.52. The van der Waals surface area contributed by atoms with Gasteiger partial charge in [-0.15, -0.1) is 0 Å². The molecule has 0 amide bonds. The fourth-order valence-electron chi connectivity index (χ4n) is 2.22. The van der Waals surface area contributed by atoms with Gasteiger partial charge in [0.05, 0.1) is 15.5 Å². The second-order valence-corrected chi connectivity index (χ2v) is 6.35. The summed E-state index contributed by atoms with van der Waals surface area (Å²) in [7, 11) is 0. The van der Waals surface area contributed by atoms with Crippen LogP contribution in [0.5, 0.6) is 11.5 Å². The Hall–Kier alpha value is -2.32. The summed E-state index contributed by atoms with van der Waals surface area (Å²) in [5.74, 6) is 0.416. The van der Waals surface area contributed by atoms with E-state index in [0.29, 0.717) is 34.7 Å². The Morgan fingerprint density at radius 3 is 2.60 bits per heavy atom. The number of esters is 1. The maximum Gasteiger partial charge on any atom is 0.340 e. The number of carbonyl (C=O) groups is 1. The van der Waals surface area contributed by atoms with Crippen molar-refractivity contribution in [3.8, 4) is 11.5 Å². The van der Waals surface area contributed by atoms with Gasteiger partial charge in [-0.05, 0) is 18.2 Å². The van der Waals surface area contributed by atoms with E-state index in [9.17, 15) is 14.9 Å². The summed E-state index contributed by atoms with van der Waals surface area (Å²) in [5.41, 5.74) is 0.362. The topological polar surface area (TPSA) is 87.9 Å². The van der Waals surface area contributed by atoms with E-state index < -0.39 is 10.9 Å². The molecule has 0 saturated carbocycles. The smallest absolute Gasteiger partial charge is 0.340 e. The summed E-state index contributed by atoms with van der Waals surface area (Å²) in [6.45, 7) is 0.852. The van der Waals surface area contributed by atoms with Crippen molar-refractivity contribution >= 4 is 39.2 Å². The minimum absolute atomic E-state index is 0.0604. The van der Waals surface area contributed by atoms with E-state index in [4.69, 9.17) is 25.8 Å². The predicted octanol–water partition coefficient (Wildman–Crippen LogP) is 4.14. The molecular formula is C16H11BrClNO6. The summed E-state index contributed by atoms with van der Waals surface area (Å²) < 4.78 is 16.9. The van der Waals surface area contributed by atoms with Crippen molar-refractivity contribution in [1.29, 1.82) is 0 Å². The van der Waals surface area contributed by atoms with Crippen molar-refractivity contribution in [1.82, 2.24) is 0 Å². The predicted molar refractivity (Wildman–Crippen MR) is 92.4 cm³/mol. The lowest BCUT2D eigenvalue weighted by atomic mass is 10.2. The zero-order chi connectivity index (χ0) is 18.0. The van der Waals surface area contributed by atoms with Gasteiger partial charge in [-0.25, -0.2) is 4.79 Å². The molecule has 1 aliphatic rings. The van der Waals surface area contributed by atoms with Gasteiger partial charge in [-0.1, -0.05) is 27.5 Å². The van der Waals surface area contributed by atoms with E-state index >= 15 is 0 Å². The van der Waals surface area contributed by atoms with E-state index in [1.54, 1.807) is 12.1 Å². The lowest BCUT2D eigenvalue weighted by molar-refractivity contribution is -0.384. The average molecular weight is 429 g/mol. The highest BCUT2D eigenvalue weighted by Crippen LogP contribution is 2.36. The van der Waals surface area contributed by atoms with Crippen LogP contribution in [0.4, 0.5) is 5.69 Å². The Morgan fingerprint density at radius 2 is 1.92 bits per heavy atom. The third kappa shape index (κ3) is 3.85. The van der Waals surface area contributed by atoms with Gasteiger partial charge in [0.1, 0.15) is 19.8 Å². The first kappa shape index (κ1) is 17.5. The third-order valence-electron chi connectivity index (χ3n) is 3.45. The van der Waals surface area contributed by atoms with Crippen molar-refractivity contribution in [2.75, 3.05) is 13.2 Å². The van der Waals surface area contributed by atoms with Crippen LogP contribution in [0.2, 0.25) is 5.02 Å². The summed E-state index contributed by atoms with van der Waals surface area (Å²) in [4.78, 5) is 22.4. The number of carbonyl (C=O) groups excluding carboxylic acids is 1. The highest BCUT2D eigenvalue weighted by Gasteiger charge is 2.19. The van der Waals surface area contributed by atoms with Crippen molar-refractivity contribution < 1.29 is 23.9 Å². The SMILES string of the molecule is O=C(OCc1cc2c(cc1Br)OCCO2)c1cc([N+](=O)[O-])ccc1Cl.